The number of carboxylic acids is 1. The Labute approximate surface area is 280 Å². The number of methoxy groups -OCH3 is 1. The minimum atomic E-state index is -4.77. The molecule has 6 rings (SSSR count). The summed E-state index contributed by atoms with van der Waals surface area (Å²) in [6, 6.07) is 13.1. The molecule has 1 heterocycles. The van der Waals surface area contributed by atoms with Crippen LogP contribution in [0.1, 0.15) is 67.4 Å². The van der Waals surface area contributed by atoms with E-state index in [0.29, 0.717) is 40.4 Å². The van der Waals surface area contributed by atoms with Gasteiger partial charge in [-0.15, -0.1) is 11.3 Å². The second-order valence-electron chi connectivity index (χ2n) is 13.3. The number of carbonyl (C=O) groups is 1. The van der Waals surface area contributed by atoms with E-state index in [9.17, 15) is 30.8 Å². The highest BCUT2D eigenvalue weighted by atomic mass is 32.2. The van der Waals surface area contributed by atoms with E-state index in [0.717, 1.165) is 43.4 Å². The number of halogens is 4. The number of hydrogen-bond acceptors (Lipinski definition) is 6. The number of ether oxygens (including phenoxy) is 1. The fourth-order valence-corrected chi connectivity index (χ4v) is 9.90. The number of sulfonamides is 1. The molecular weight excluding hydrogens is 669 g/mol. The lowest BCUT2D eigenvalue weighted by Gasteiger charge is -2.47. The smallest absolute Gasteiger partial charge is 0.417 e. The van der Waals surface area contributed by atoms with Gasteiger partial charge in [-0.2, -0.15) is 21.6 Å². The molecule has 2 saturated carbocycles. The number of nitrogens with zero attached hydrogens (tertiary/aromatic N) is 1. The van der Waals surface area contributed by atoms with Gasteiger partial charge in [0, 0.05) is 17.0 Å². The summed E-state index contributed by atoms with van der Waals surface area (Å²) in [5.74, 6) is -0.924. The standard InChI is InChI=1S/C35H34F4N2O5S2/c1-19-10-20-12-21(11-19)17-34(2,16-20)24-7-4-22(5-8-24)23-6-9-25(27(13-23)35(37,38)39)32-40-31(18-47-32)48(44,45)41-29-15-28(36)26(33(42)43)14-30(29)46-3/h4-9,13-15,18-21,41H,10-12,16-17H2,1-3H3,(H,42,43). The van der Waals surface area contributed by atoms with Gasteiger partial charge in [-0.1, -0.05) is 50.2 Å². The van der Waals surface area contributed by atoms with Crippen LogP contribution >= 0.6 is 11.3 Å². The first-order chi connectivity index (χ1) is 22.6. The molecule has 2 bridgehead atoms. The zero-order valence-corrected chi connectivity index (χ0v) is 28.0. The molecule has 0 spiro atoms. The predicted molar refractivity (Wildman–Crippen MR) is 175 cm³/mol. The van der Waals surface area contributed by atoms with E-state index in [1.54, 1.807) is 6.07 Å². The van der Waals surface area contributed by atoms with Gasteiger partial charge >= 0.3 is 12.1 Å². The highest BCUT2D eigenvalue weighted by Gasteiger charge is 2.42. The van der Waals surface area contributed by atoms with Gasteiger partial charge in [-0.3, -0.25) is 4.72 Å². The second-order valence-corrected chi connectivity index (χ2v) is 15.8. The summed E-state index contributed by atoms with van der Waals surface area (Å²) in [5.41, 5.74) is -0.175. The summed E-state index contributed by atoms with van der Waals surface area (Å²) in [7, 11) is -3.40. The highest BCUT2D eigenvalue weighted by Crippen LogP contribution is 2.51. The first-order valence-corrected chi connectivity index (χ1v) is 17.8. The number of benzene rings is 3. The third-order valence-electron chi connectivity index (χ3n) is 9.61. The molecule has 254 valence electrons. The van der Waals surface area contributed by atoms with Crippen molar-refractivity contribution in [2.75, 3.05) is 11.8 Å². The molecule has 7 nitrogen and oxygen atoms in total. The quantitative estimate of drug-likeness (QED) is 0.177. The highest BCUT2D eigenvalue weighted by molar-refractivity contribution is 7.92. The Morgan fingerprint density at radius 3 is 2.27 bits per heavy atom. The molecule has 48 heavy (non-hydrogen) atoms. The minimum Gasteiger partial charge on any atom is -0.495 e. The Bertz CT molecular complexity index is 1960. The fraction of sp³-hybridized carbons (Fsp3) is 0.371. The molecule has 0 radical (unpaired) electrons. The normalized spacial score (nSPS) is 22.7. The monoisotopic (exact) mass is 702 g/mol. The average molecular weight is 703 g/mol. The molecule has 0 amide bonds. The number of anilines is 1. The first kappa shape index (κ1) is 33.9. The predicted octanol–water partition coefficient (Wildman–Crippen LogP) is 9.25. The van der Waals surface area contributed by atoms with Gasteiger partial charge in [0.25, 0.3) is 10.0 Å². The second kappa shape index (κ2) is 12.5. The number of hydrogen-bond donors (Lipinski definition) is 2. The average Bonchev–Trinajstić information content (AvgIpc) is 3.51. The van der Waals surface area contributed by atoms with E-state index in [1.165, 1.54) is 30.9 Å². The maximum absolute atomic E-state index is 14.4. The molecule has 2 unspecified atom stereocenters. The Hall–Kier alpha value is -3.97. The molecular formula is C35H34F4N2O5S2. The molecule has 2 atom stereocenters. The Kier molecular flexibility index (Phi) is 8.82. The van der Waals surface area contributed by atoms with Crippen molar-refractivity contribution < 1.29 is 40.6 Å². The summed E-state index contributed by atoms with van der Waals surface area (Å²) in [4.78, 5) is 15.2. The Balaban J connectivity index is 1.27. The maximum Gasteiger partial charge on any atom is 0.417 e. The molecule has 2 N–H and O–H groups in total. The number of aromatic nitrogens is 1. The van der Waals surface area contributed by atoms with Crippen LogP contribution in [0.3, 0.4) is 0 Å². The van der Waals surface area contributed by atoms with E-state index >= 15 is 0 Å². The van der Waals surface area contributed by atoms with Crippen LogP contribution in [0.2, 0.25) is 0 Å². The van der Waals surface area contributed by atoms with Crippen molar-refractivity contribution in [2.45, 2.75) is 62.6 Å². The van der Waals surface area contributed by atoms with Gasteiger partial charge in [0.05, 0.1) is 23.9 Å². The van der Waals surface area contributed by atoms with Gasteiger partial charge in [0.1, 0.15) is 16.6 Å². The zero-order chi connectivity index (χ0) is 34.6. The van der Waals surface area contributed by atoms with Crippen molar-refractivity contribution in [2.24, 2.45) is 17.8 Å². The van der Waals surface area contributed by atoms with Crippen LogP contribution in [0.5, 0.6) is 5.75 Å². The molecule has 2 aliphatic carbocycles. The van der Waals surface area contributed by atoms with E-state index in [2.05, 4.69) is 23.6 Å². The van der Waals surface area contributed by atoms with Crippen molar-refractivity contribution in [1.29, 1.82) is 0 Å². The summed E-state index contributed by atoms with van der Waals surface area (Å²) < 4.78 is 90.9. The number of alkyl halides is 3. The summed E-state index contributed by atoms with van der Waals surface area (Å²) >= 11 is 0.702. The lowest BCUT2D eigenvalue weighted by Crippen LogP contribution is -2.38. The molecule has 1 aromatic heterocycles. The van der Waals surface area contributed by atoms with Gasteiger partial charge in [-0.05, 0) is 84.1 Å². The van der Waals surface area contributed by atoms with Crippen molar-refractivity contribution in [1.82, 2.24) is 4.98 Å². The topological polar surface area (TPSA) is 106 Å². The van der Waals surface area contributed by atoms with E-state index in [1.807, 2.05) is 24.3 Å². The molecule has 13 heteroatoms. The van der Waals surface area contributed by atoms with Gasteiger partial charge in [0.2, 0.25) is 0 Å². The number of rotatable bonds is 8. The summed E-state index contributed by atoms with van der Waals surface area (Å²) in [6.45, 7) is 4.63. The molecule has 2 fully saturated rings. The first-order valence-electron chi connectivity index (χ1n) is 15.5. The number of fused-ring (bicyclic) bond motifs is 2. The number of thiazole rings is 1. The van der Waals surface area contributed by atoms with E-state index in [4.69, 9.17) is 9.84 Å². The SMILES string of the molecule is COc1cc(C(=O)O)c(F)cc1NS(=O)(=O)c1csc(-c2ccc(-c3ccc(C4(C)CC5CC(C)CC(C5)C4)cc3)cc2C(F)(F)F)n1. The molecule has 2 aliphatic rings. The van der Waals surface area contributed by atoms with Crippen LogP contribution < -0.4 is 9.46 Å². The lowest BCUT2D eigenvalue weighted by molar-refractivity contribution is -0.137. The van der Waals surface area contributed by atoms with Crippen LogP contribution in [0.25, 0.3) is 21.7 Å². The van der Waals surface area contributed by atoms with Gasteiger partial charge < -0.3 is 9.84 Å². The Morgan fingerprint density at radius 1 is 1.02 bits per heavy atom. The largest absolute Gasteiger partial charge is 0.495 e. The van der Waals surface area contributed by atoms with E-state index < -0.39 is 49.8 Å². The van der Waals surface area contributed by atoms with Crippen LogP contribution in [0.15, 0.2) is 65.0 Å². The fourth-order valence-electron chi connectivity index (χ4n) is 7.70. The van der Waals surface area contributed by atoms with Crippen LogP contribution in [0, 0.1) is 23.6 Å². The summed E-state index contributed by atoms with van der Waals surface area (Å²) in [6.07, 6.45) is 1.24. The van der Waals surface area contributed by atoms with Crippen molar-refractivity contribution in [3.8, 4) is 27.4 Å². The third kappa shape index (κ3) is 6.67. The molecule has 4 aromatic rings. The molecule has 3 aromatic carbocycles. The maximum atomic E-state index is 14.4. The molecule has 0 aliphatic heterocycles. The zero-order valence-electron chi connectivity index (χ0n) is 26.4. The molecule has 0 saturated heterocycles. The minimum absolute atomic E-state index is 0.0339. The third-order valence-corrected chi connectivity index (χ3v) is 11.9. The van der Waals surface area contributed by atoms with Crippen molar-refractivity contribution in [3.05, 3.63) is 82.5 Å². The van der Waals surface area contributed by atoms with Crippen molar-refractivity contribution >= 4 is 33.0 Å². The van der Waals surface area contributed by atoms with Crippen molar-refractivity contribution in [3.63, 3.8) is 0 Å². The number of aromatic carboxylic acids is 1. The Morgan fingerprint density at radius 2 is 1.67 bits per heavy atom. The number of carboxylic acid groups (broad SMARTS) is 1. The van der Waals surface area contributed by atoms with Gasteiger partial charge in [0.15, 0.2) is 5.03 Å². The number of nitrogens with one attached hydrogen (secondary N) is 1. The lowest BCUT2D eigenvalue weighted by atomic mass is 9.57. The van der Waals surface area contributed by atoms with Crippen LogP contribution in [-0.2, 0) is 21.6 Å². The van der Waals surface area contributed by atoms with Gasteiger partial charge in [-0.25, -0.2) is 14.2 Å². The van der Waals surface area contributed by atoms with Crippen LogP contribution in [0.4, 0.5) is 23.2 Å². The van der Waals surface area contributed by atoms with E-state index in [-0.39, 0.29) is 21.7 Å². The van der Waals surface area contributed by atoms with Crippen LogP contribution in [-0.4, -0.2) is 31.6 Å². The summed E-state index contributed by atoms with van der Waals surface area (Å²) in [5, 5.41) is 9.42.